The number of anilines is 1. The number of hydrogen-bond acceptors (Lipinski definition) is 4. The maximum Gasteiger partial charge on any atom is 0.412 e. The minimum absolute atomic E-state index is 0.00989. The zero-order valence-corrected chi connectivity index (χ0v) is 12.8. The molecule has 1 rings (SSSR count). The first kappa shape index (κ1) is 16.8. The van der Waals surface area contributed by atoms with Crippen LogP contribution in [0.15, 0.2) is 24.3 Å². The fourth-order valence-electron chi connectivity index (χ4n) is 1.42. The summed E-state index contributed by atoms with van der Waals surface area (Å²) in [4.78, 5) is 23.1. The molecule has 1 atom stereocenters. The summed E-state index contributed by atoms with van der Waals surface area (Å²) in [6, 6.07) is 6.54. The highest BCUT2D eigenvalue weighted by molar-refractivity contribution is 5.85. The van der Waals surface area contributed by atoms with E-state index in [-0.39, 0.29) is 12.1 Å². The maximum absolute atomic E-state index is 11.6. The van der Waals surface area contributed by atoms with Crippen molar-refractivity contribution in [2.45, 2.75) is 46.3 Å². The molecule has 1 aromatic rings. The van der Waals surface area contributed by atoms with Crippen LogP contribution in [0.4, 0.5) is 15.3 Å². The highest BCUT2D eigenvalue weighted by Crippen LogP contribution is 2.18. The van der Waals surface area contributed by atoms with Crippen LogP contribution in [0.2, 0.25) is 0 Å². The molecule has 0 radical (unpaired) electrons. The minimum Gasteiger partial charge on any atom is -0.446 e. The molecule has 6 heteroatoms. The second kappa shape index (κ2) is 8.14. The van der Waals surface area contributed by atoms with Crippen molar-refractivity contribution in [3.63, 3.8) is 0 Å². The van der Waals surface area contributed by atoms with Crippen LogP contribution in [0.3, 0.4) is 0 Å². The molecule has 1 aromatic carbocycles. The Kier molecular flexibility index (Phi) is 6.52. The van der Waals surface area contributed by atoms with Gasteiger partial charge in [-0.3, -0.25) is 5.32 Å². The van der Waals surface area contributed by atoms with Gasteiger partial charge >= 0.3 is 12.2 Å². The predicted molar refractivity (Wildman–Crippen MR) is 80.6 cm³/mol. The molecule has 0 saturated heterocycles. The van der Waals surface area contributed by atoms with Crippen LogP contribution in [0, 0.1) is 0 Å². The fraction of sp³-hybridized carbons (Fsp3) is 0.467. The second-order valence-corrected chi connectivity index (χ2v) is 4.97. The molecule has 0 aliphatic heterocycles. The molecule has 0 aliphatic rings. The number of benzene rings is 1. The fourth-order valence-corrected chi connectivity index (χ4v) is 1.42. The van der Waals surface area contributed by atoms with E-state index >= 15 is 0 Å². The van der Waals surface area contributed by atoms with Crippen molar-refractivity contribution >= 4 is 17.9 Å². The predicted octanol–water partition coefficient (Wildman–Crippen LogP) is 3.53. The lowest BCUT2D eigenvalue weighted by atomic mass is 10.3. The van der Waals surface area contributed by atoms with Crippen molar-refractivity contribution in [1.82, 2.24) is 5.32 Å². The number of amides is 2. The minimum atomic E-state index is -0.538. The molecule has 0 spiro atoms. The van der Waals surface area contributed by atoms with Crippen LogP contribution in [0.1, 0.15) is 34.1 Å². The van der Waals surface area contributed by atoms with Gasteiger partial charge < -0.3 is 14.8 Å². The molecular weight excluding hydrogens is 272 g/mol. The zero-order chi connectivity index (χ0) is 15.8. The summed E-state index contributed by atoms with van der Waals surface area (Å²) in [7, 11) is 0. The zero-order valence-electron chi connectivity index (χ0n) is 12.8. The summed E-state index contributed by atoms with van der Waals surface area (Å²) in [6.07, 6.45) is -0.481. The van der Waals surface area contributed by atoms with Gasteiger partial charge in [-0.05, 0) is 39.3 Å². The average Bonchev–Trinajstić information content (AvgIpc) is 2.37. The Morgan fingerprint density at radius 3 is 2.52 bits per heavy atom. The van der Waals surface area contributed by atoms with Gasteiger partial charge in [-0.15, -0.1) is 0 Å². The lowest BCUT2D eigenvalue weighted by Gasteiger charge is -2.13. The number of carbonyl (C=O) groups excluding carboxylic acids is 2. The Morgan fingerprint density at radius 2 is 1.90 bits per heavy atom. The van der Waals surface area contributed by atoms with Gasteiger partial charge in [-0.25, -0.2) is 9.59 Å². The van der Waals surface area contributed by atoms with E-state index in [2.05, 4.69) is 10.6 Å². The van der Waals surface area contributed by atoms with E-state index in [4.69, 9.17) is 9.47 Å². The standard InChI is InChI=1S/C15H22N2O4/c1-5-11(4)20-15(19)17-12-7-6-8-13(9-12)21-14(18)16-10(2)3/h6-11H,5H2,1-4H3,(H,16,18)(H,17,19). The summed E-state index contributed by atoms with van der Waals surface area (Å²) in [6.45, 7) is 7.42. The van der Waals surface area contributed by atoms with Crippen LogP contribution >= 0.6 is 0 Å². The normalized spacial score (nSPS) is 11.7. The van der Waals surface area contributed by atoms with Crippen LogP contribution in [-0.4, -0.2) is 24.3 Å². The van der Waals surface area contributed by atoms with Crippen molar-refractivity contribution in [3.05, 3.63) is 24.3 Å². The van der Waals surface area contributed by atoms with Crippen LogP contribution in [-0.2, 0) is 4.74 Å². The molecule has 6 nitrogen and oxygen atoms in total. The van der Waals surface area contributed by atoms with Gasteiger partial charge in [0.1, 0.15) is 11.9 Å². The average molecular weight is 294 g/mol. The Bertz CT molecular complexity index is 488. The van der Waals surface area contributed by atoms with E-state index in [1.165, 1.54) is 0 Å². The lowest BCUT2D eigenvalue weighted by Crippen LogP contribution is -2.32. The molecule has 21 heavy (non-hydrogen) atoms. The van der Waals surface area contributed by atoms with Crippen LogP contribution in [0.25, 0.3) is 0 Å². The SMILES string of the molecule is CCC(C)OC(=O)Nc1cccc(OC(=O)NC(C)C)c1. The lowest BCUT2D eigenvalue weighted by molar-refractivity contribution is 0.118. The number of hydrogen-bond donors (Lipinski definition) is 2. The van der Waals surface area contributed by atoms with Gasteiger partial charge in [0.25, 0.3) is 0 Å². The molecule has 0 fully saturated rings. The first-order valence-corrected chi connectivity index (χ1v) is 6.96. The Hall–Kier alpha value is -2.24. The largest absolute Gasteiger partial charge is 0.446 e. The summed E-state index contributed by atoms with van der Waals surface area (Å²) in [5.41, 5.74) is 0.498. The molecule has 116 valence electrons. The maximum atomic E-state index is 11.6. The van der Waals surface area contributed by atoms with Crippen molar-refractivity contribution < 1.29 is 19.1 Å². The first-order chi connectivity index (χ1) is 9.90. The molecular formula is C15H22N2O4. The van der Waals surface area contributed by atoms with Crippen molar-refractivity contribution in [2.24, 2.45) is 0 Å². The molecule has 0 heterocycles. The monoisotopic (exact) mass is 294 g/mol. The van der Waals surface area contributed by atoms with Gasteiger partial charge in [-0.1, -0.05) is 13.0 Å². The molecule has 0 bridgehead atoms. The number of ether oxygens (including phenoxy) is 2. The molecule has 2 N–H and O–H groups in total. The third-order valence-electron chi connectivity index (χ3n) is 2.58. The smallest absolute Gasteiger partial charge is 0.412 e. The quantitative estimate of drug-likeness (QED) is 0.871. The summed E-state index contributed by atoms with van der Waals surface area (Å²) in [5.74, 6) is 0.342. The van der Waals surface area contributed by atoms with E-state index < -0.39 is 12.2 Å². The molecule has 0 aliphatic carbocycles. The second-order valence-electron chi connectivity index (χ2n) is 4.97. The van der Waals surface area contributed by atoms with Crippen molar-refractivity contribution in [3.8, 4) is 5.75 Å². The van der Waals surface area contributed by atoms with Crippen molar-refractivity contribution in [2.75, 3.05) is 5.32 Å². The summed E-state index contributed by atoms with van der Waals surface area (Å²) in [5, 5.41) is 5.20. The van der Waals surface area contributed by atoms with E-state index in [0.29, 0.717) is 11.4 Å². The molecule has 0 saturated carbocycles. The Labute approximate surface area is 124 Å². The van der Waals surface area contributed by atoms with Gasteiger partial charge in [0.2, 0.25) is 0 Å². The summed E-state index contributed by atoms with van der Waals surface area (Å²) >= 11 is 0. The van der Waals surface area contributed by atoms with Crippen LogP contribution in [0.5, 0.6) is 5.75 Å². The Morgan fingerprint density at radius 1 is 1.19 bits per heavy atom. The van der Waals surface area contributed by atoms with E-state index in [9.17, 15) is 9.59 Å². The molecule has 0 aromatic heterocycles. The topological polar surface area (TPSA) is 76.7 Å². The van der Waals surface area contributed by atoms with Crippen molar-refractivity contribution in [1.29, 1.82) is 0 Å². The van der Waals surface area contributed by atoms with Gasteiger partial charge in [0.05, 0.1) is 0 Å². The highest BCUT2D eigenvalue weighted by atomic mass is 16.6. The number of carbonyl (C=O) groups is 2. The highest BCUT2D eigenvalue weighted by Gasteiger charge is 2.10. The number of nitrogens with one attached hydrogen (secondary N) is 2. The van der Waals surface area contributed by atoms with Gasteiger partial charge in [0.15, 0.2) is 0 Å². The summed E-state index contributed by atoms with van der Waals surface area (Å²) < 4.78 is 10.2. The van der Waals surface area contributed by atoms with E-state index in [1.54, 1.807) is 24.3 Å². The third kappa shape index (κ3) is 6.65. The van der Waals surface area contributed by atoms with Gasteiger partial charge in [0, 0.05) is 17.8 Å². The Balaban J connectivity index is 2.60. The van der Waals surface area contributed by atoms with E-state index in [1.807, 2.05) is 27.7 Å². The molecule has 1 unspecified atom stereocenters. The third-order valence-corrected chi connectivity index (χ3v) is 2.58. The van der Waals surface area contributed by atoms with Crippen LogP contribution < -0.4 is 15.4 Å². The van der Waals surface area contributed by atoms with Gasteiger partial charge in [-0.2, -0.15) is 0 Å². The number of rotatable bonds is 5. The molecule has 2 amide bonds. The van der Waals surface area contributed by atoms with E-state index in [0.717, 1.165) is 6.42 Å². The first-order valence-electron chi connectivity index (χ1n) is 6.96.